The Morgan fingerprint density at radius 3 is 2.36 bits per heavy atom. The van der Waals surface area contributed by atoms with Crippen molar-refractivity contribution in [1.29, 1.82) is 0 Å². The highest BCUT2D eigenvalue weighted by Crippen LogP contribution is 2.32. The molecule has 3 heterocycles. The summed E-state index contributed by atoms with van der Waals surface area (Å²) in [6, 6.07) is 4.24. The monoisotopic (exact) mass is 504 g/mol. The molecular weight excluding hydrogens is 478 g/mol. The number of rotatable bonds is 9. The number of hydrogen-bond donors (Lipinski definition) is 1. The van der Waals surface area contributed by atoms with E-state index in [1.165, 1.54) is 37.2 Å². The van der Waals surface area contributed by atoms with E-state index < -0.39 is 24.0 Å². The Morgan fingerprint density at radius 1 is 1.14 bits per heavy atom. The summed E-state index contributed by atoms with van der Waals surface area (Å²) in [5, 5.41) is 2.93. The summed E-state index contributed by atoms with van der Waals surface area (Å²) in [6.07, 6.45) is 4.10. The summed E-state index contributed by atoms with van der Waals surface area (Å²) in [5.41, 5.74) is -0.0976. The maximum atomic E-state index is 14.5. The molecule has 0 unspecified atom stereocenters. The van der Waals surface area contributed by atoms with E-state index in [-0.39, 0.29) is 40.4 Å². The summed E-state index contributed by atoms with van der Waals surface area (Å²) in [5.74, 6) is -2.39. The number of hydrogen-bond acceptors (Lipinski definition) is 9. The molecule has 0 saturated carbocycles. The Kier molecular flexibility index (Phi) is 7.36. The van der Waals surface area contributed by atoms with Gasteiger partial charge >= 0.3 is 0 Å². The van der Waals surface area contributed by atoms with Crippen molar-refractivity contribution in [3.63, 3.8) is 0 Å². The molecule has 36 heavy (non-hydrogen) atoms. The highest BCUT2D eigenvalue weighted by molar-refractivity contribution is 5.52. The molecule has 1 saturated heterocycles. The maximum absolute atomic E-state index is 14.5. The van der Waals surface area contributed by atoms with Crippen molar-refractivity contribution in [2.24, 2.45) is 0 Å². The number of ether oxygens (including phenoxy) is 5. The summed E-state index contributed by atoms with van der Waals surface area (Å²) < 4.78 is 57.1. The Hall–Kier alpha value is -3.77. The van der Waals surface area contributed by atoms with Gasteiger partial charge in [-0.25, -0.2) is 18.7 Å². The standard InChI is InChI=1S/C24H26F2N4O6/c1-24(2)35-12-16(36-24)11-30-6-5-14(7-20(30)31)29-23-27-9-15(10-28-23)34-13-17-21(25)18(32-3)8-19(33-4)22(17)26/h5-10,16H,11-13H2,1-4H3,(H,27,28,29)/t16-/m0/s1. The molecule has 1 fully saturated rings. The van der Waals surface area contributed by atoms with Gasteiger partial charge in [0.1, 0.15) is 12.7 Å². The van der Waals surface area contributed by atoms with Crippen molar-refractivity contribution >= 4 is 11.6 Å². The van der Waals surface area contributed by atoms with Gasteiger partial charge in [-0.1, -0.05) is 0 Å². The average molecular weight is 504 g/mol. The smallest absolute Gasteiger partial charge is 0.252 e. The molecule has 1 aromatic carbocycles. The van der Waals surface area contributed by atoms with Gasteiger partial charge in [0.25, 0.3) is 5.56 Å². The van der Waals surface area contributed by atoms with Crippen molar-refractivity contribution in [1.82, 2.24) is 14.5 Å². The number of methoxy groups -OCH3 is 2. The van der Waals surface area contributed by atoms with Gasteiger partial charge in [0.2, 0.25) is 5.95 Å². The molecule has 1 aliphatic heterocycles. The third kappa shape index (κ3) is 5.71. The van der Waals surface area contributed by atoms with Gasteiger partial charge < -0.3 is 33.6 Å². The number of nitrogens with zero attached hydrogens (tertiary/aromatic N) is 3. The molecule has 0 bridgehead atoms. The molecule has 0 amide bonds. The lowest BCUT2D eigenvalue weighted by atomic mass is 10.1. The molecule has 4 rings (SSSR count). The molecule has 1 atom stereocenters. The molecule has 3 aromatic rings. The molecule has 0 spiro atoms. The van der Waals surface area contributed by atoms with Crippen molar-refractivity contribution in [3.05, 3.63) is 64.3 Å². The highest BCUT2D eigenvalue weighted by atomic mass is 19.1. The van der Waals surface area contributed by atoms with Gasteiger partial charge in [0, 0.05) is 24.0 Å². The van der Waals surface area contributed by atoms with Crippen LogP contribution < -0.4 is 25.1 Å². The SMILES string of the molecule is COc1cc(OC)c(F)c(COc2cnc(Nc3ccn(C[C@H]4COC(C)(C)O4)c(=O)c3)nc2)c1F. The lowest BCUT2D eigenvalue weighted by Gasteiger charge is -2.17. The van der Waals surface area contributed by atoms with Crippen LogP contribution in [0.25, 0.3) is 0 Å². The van der Waals surface area contributed by atoms with Crippen LogP contribution in [0, 0.1) is 11.6 Å². The van der Waals surface area contributed by atoms with Gasteiger partial charge in [0.15, 0.2) is 34.7 Å². The van der Waals surface area contributed by atoms with Gasteiger partial charge in [-0.3, -0.25) is 4.79 Å². The minimum Gasteiger partial charge on any atom is -0.494 e. The van der Waals surface area contributed by atoms with Crippen LogP contribution in [0.1, 0.15) is 19.4 Å². The van der Waals surface area contributed by atoms with Crippen LogP contribution in [0.2, 0.25) is 0 Å². The first-order chi connectivity index (χ1) is 17.2. The molecule has 0 radical (unpaired) electrons. The molecular formula is C24H26F2N4O6. The first-order valence-electron chi connectivity index (χ1n) is 11.0. The van der Waals surface area contributed by atoms with E-state index in [0.29, 0.717) is 18.8 Å². The zero-order chi connectivity index (χ0) is 25.9. The molecule has 2 aromatic heterocycles. The first-order valence-corrected chi connectivity index (χ1v) is 11.0. The Bertz CT molecular complexity index is 1250. The minimum atomic E-state index is -0.888. The summed E-state index contributed by atoms with van der Waals surface area (Å²) >= 11 is 0. The third-order valence-corrected chi connectivity index (χ3v) is 5.40. The van der Waals surface area contributed by atoms with Crippen LogP contribution >= 0.6 is 0 Å². The zero-order valence-electron chi connectivity index (χ0n) is 20.2. The van der Waals surface area contributed by atoms with Crippen LogP contribution in [-0.4, -0.2) is 47.3 Å². The fraction of sp³-hybridized carbons (Fsp3) is 0.375. The summed E-state index contributed by atoms with van der Waals surface area (Å²) in [7, 11) is 2.53. The number of nitrogens with one attached hydrogen (secondary N) is 1. The van der Waals surface area contributed by atoms with E-state index in [1.54, 1.807) is 12.3 Å². The maximum Gasteiger partial charge on any atom is 0.252 e. The Morgan fingerprint density at radius 2 is 1.81 bits per heavy atom. The van der Waals surface area contributed by atoms with E-state index >= 15 is 0 Å². The number of anilines is 2. The molecule has 1 N–H and O–H groups in total. The largest absolute Gasteiger partial charge is 0.494 e. The second-order valence-electron chi connectivity index (χ2n) is 8.40. The van der Waals surface area contributed by atoms with E-state index in [9.17, 15) is 13.6 Å². The second kappa shape index (κ2) is 10.5. The van der Waals surface area contributed by atoms with E-state index in [1.807, 2.05) is 13.8 Å². The molecule has 192 valence electrons. The lowest BCUT2D eigenvalue weighted by molar-refractivity contribution is -0.139. The van der Waals surface area contributed by atoms with E-state index in [4.69, 9.17) is 23.7 Å². The van der Waals surface area contributed by atoms with Gasteiger partial charge in [0.05, 0.1) is 45.3 Å². The lowest BCUT2D eigenvalue weighted by Crippen LogP contribution is -2.29. The fourth-order valence-corrected chi connectivity index (χ4v) is 3.61. The number of pyridine rings is 1. The number of benzene rings is 1. The van der Waals surface area contributed by atoms with Gasteiger partial charge in [-0.15, -0.1) is 0 Å². The summed E-state index contributed by atoms with van der Waals surface area (Å²) in [6.45, 7) is 3.99. The first kappa shape index (κ1) is 25.3. The van der Waals surface area contributed by atoms with E-state index in [2.05, 4.69) is 15.3 Å². The highest BCUT2D eigenvalue weighted by Gasteiger charge is 2.32. The topological polar surface area (TPSA) is 106 Å². The van der Waals surface area contributed by atoms with Crippen LogP contribution in [0.5, 0.6) is 17.2 Å². The molecule has 0 aliphatic carbocycles. The van der Waals surface area contributed by atoms with Crippen molar-refractivity contribution in [2.45, 2.75) is 38.9 Å². The quantitative estimate of drug-likeness (QED) is 0.469. The van der Waals surface area contributed by atoms with Gasteiger partial charge in [-0.05, 0) is 19.9 Å². The van der Waals surface area contributed by atoms with Crippen LogP contribution in [-0.2, 0) is 22.6 Å². The minimum absolute atomic E-state index is 0.169. The molecule has 10 nitrogen and oxygen atoms in total. The second-order valence-corrected chi connectivity index (χ2v) is 8.40. The predicted octanol–water partition coefficient (Wildman–Crippen LogP) is 3.41. The number of aromatic nitrogens is 3. The number of halogens is 2. The summed E-state index contributed by atoms with van der Waals surface area (Å²) in [4.78, 5) is 20.7. The Balaban J connectivity index is 1.38. The normalized spacial score (nSPS) is 16.6. The van der Waals surface area contributed by atoms with E-state index in [0.717, 1.165) is 6.07 Å². The van der Waals surface area contributed by atoms with Crippen LogP contribution in [0.3, 0.4) is 0 Å². The molecule has 1 aliphatic rings. The Labute approximate surface area is 205 Å². The van der Waals surface area contributed by atoms with Crippen molar-refractivity contribution in [2.75, 3.05) is 26.1 Å². The van der Waals surface area contributed by atoms with Gasteiger partial charge in [-0.2, -0.15) is 0 Å². The van der Waals surface area contributed by atoms with Crippen LogP contribution in [0.4, 0.5) is 20.4 Å². The van der Waals surface area contributed by atoms with Crippen molar-refractivity contribution in [3.8, 4) is 17.2 Å². The molecule has 12 heteroatoms. The average Bonchev–Trinajstić information content (AvgIpc) is 3.20. The zero-order valence-corrected chi connectivity index (χ0v) is 20.2. The van der Waals surface area contributed by atoms with Crippen molar-refractivity contribution < 1.29 is 32.5 Å². The predicted molar refractivity (Wildman–Crippen MR) is 125 cm³/mol. The fourth-order valence-electron chi connectivity index (χ4n) is 3.61. The third-order valence-electron chi connectivity index (χ3n) is 5.40. The van der Waals surface area contributed by atoms with Crippen LogP contribution in [0.15, 0.2) is 41.6 Å².